The Morgan fingerprint density at radius 1 is 1.06 bits per heavy atom. The van der Waals surface area contributed by atoms with Crippen molar-refractivity contribution in [1.82, 2.24) is 15.3 Å². The van der Waals surface area contributed by atoms with Crippen LogP contribution in [0.3, 0.4) is 0 Å². The molecule has 192 valence electrons. The van der Waals surface area contributed by atoms with Crippen molar-refractivity contribution in [3.8, 4) is 0 Å². The van der Waals surface area contributed by atoms with Crippen LogP contribution in [0.4, 0.5) is 17.2 Å². The molecule has 3 N–H and O–H groups in total. The van der Waals surface area contributed by atoms with Gasteiger partial charge in [-0.05, 0) is 69.6 Å². The molecule has 0 saturated heterocycles. The molecule has 0 aliphatic heterocycles. The summed E-state index contributed by atoms with van der Waals surface area (Å²) in [7, 11) is 0. The number of carbonyl (C=O) groups is 2. The van der Waals surface area contributed by atoms with Crippen molar-refractivity contribution in [1.29, 1.82) is 0 Å². The Morgan fingerprint density at radius 2 is 1.83 bits per heavy atom. The first-order chi connectivity index (χ1) is 17.3. The number of thiazole rings is 1. The molecule has 8 heteroatoms. The lowest BCUT2D eigenvalue weighted by Crippen LogP contribution is -2.38. The zero-order valence-electron chi connectivity index (χ0n) is 21.6. The Kier molecular flexibility index (Phi) is 8.56. The summed E-state index contributed by atoms with van der Waals surface area (Å²) in [6, 6.07) is 8.20. The molecule has 1 saturated carbocycles. The highest BCUT2D eigenvalue weighted by Gasteiger charge is 2.25. The monoisotopic (exact) mass is 507 g/mol. The Labute approximate surface area is 217 Å². The summed E-state index contributed by atoms with van der Waals surface area (Å²) in [6.07, 6.45) is 6.77. The Bertz CT molecular complexity index is 1200. The van der Waals surface area contributed by atoms with Crippen molar-refractivity contribution in [2.24, 2.45) is 11.8 Å². The number of rotatable bonds is 10. The third kappa shape index (κ3) is 7.03. The molecular weight excluding hydrogens is 470 g/mol. The smallest absolute Gasteiger partial charge is 0.255 e. The van der Waals surface area contributed by atoms with Gasteiger partial charge in [0.25, 0.3) is 5.91 Å². The van der Waals surface area contributed by atoms with E-state index in [-0.39, 0.29) is 18.0 Å². The molecule has 0 atom stereocenters. The Balaban J connectivity index is 1.39. The van der Waals surface area contributed by atoms with Crippen molar-refractivity contribution >= 4 is 50.4 Å². The molecule has 1 aromatic carbocycles. The van der Waals surface area contributed by atoms with Gasteiger partial charge in [-0.1, -0.05) is 13.8 Å². The van der Waals surface area contributed by atoms with E-state index in [1.165, 1.54) is 0 Å². The van der Waals surface area contributed by atoms with Gasteiger partial charge in [0.05, 0.1) is 27.0 Å². The van der Waals surface area contributed by atoms with Crippen LogP contribution in [0.5, 0.6) is 0 Å². The molecular formula is C28H37N5O2S. The molecule has 1 aliphatic carbocycles. The average Bonchev–Trinajstić information content (AvgIpc) is 3.27. The molecule has 2 aromatic heterocycles. The number of carbonyl (C=O) groups excluding carboxylic acids is 2. The number of hydrogen-bond donors (Lipinski definition) is 3. The molecule has 1 amide bonds. The van der Waals surface area contributed by atoms with Crippen molar-refractivity contribution < 1.29 is 9.59 Å². The van der Waals surface area contributed by atoms with Crippen LogP contribution in [-0.2, 0) is 4.79 Å². The van der Waals surface area contributed by atoms with Gasteiger partial charge in [-0.25, -0.2) is 9.97 Å². The number of amides is 1. The predicted octanol–water partition coefficient (Wildman–Crippen LogP) is 6.55. The summed E-state index contributed by atoms with van der Waals surface area (Å²) in [5.41, 5.74) is 5.04. The van der Waals surface area contributed by atoms with Crippen LogP contribution in [0.25, 0.3) is 10.2 Å². The number of Topliss-reactive ketones (excluding diaryl/α,β-unsaturated/α-hetero) is 1. The first kappa shape index (κ1) is 26.1. The van der Waals surface area contributed by atoms with Crippen molar-refractivity contribution in [2.45, 2.75) is 78.3 Å². The van der Waals surface area contributed by atoms with E-state index in [1.807, 2.05) is 23.7 Å². The number of hydrogen-bond acceptors (Lipinski definition) is 7. The fourth-order valence-corrected chi connectivity index (χ4v) is 5.57. The van der Waals surface area contributed by atoms with Crippen LogP contribution in [0.2, 0.25) is 0 Å². The average molecular weight is 508 g/mol. The van der Waals surface area contributed by atoms with Crippen LogP contribution in [0.15, 0.2) is 36.0 Å². The summed E-state index contributed by atoms with van der Waals surface area (Å²) in [5, 5.41) is 9.96. The number of anilines is 3. The highest BCUT2D eigenvalue weighted by molar-refractivity contribution is 7.16. The normalized spacial score (nSPS) is 17.9. The molecule has 2 heterocycles. The van der Waals surface area contributed by atoms with Crippen molar-refractivity contribution in [3.63, 3.8) is 0 Å². The lowest BCUT2D eigenvalue weighted by atomic mass is 9.82. The fraction of sp³-hybridized carbons (Fsp3) is 0.500. The van der Waals surface area contributed by atoms with Gasteiger partial charge in [0.2, 0.25) is 0 Å². The maximum absolute atomic E-state index is 13.2. The molecule has 7 nitrogen and oxygen atoms in total. The third-order valence-electron chi connectivity index (χ3n) is 6.53. The van der Waals surface area contributed by atoms with Gasteiger partial charge in [-0.3, -0.25) is 9.59 Å². The fourth-order valence-electron chi connectivity index (χ4n) is 4.85. The van der Waals surface area contributed by atoms with E-state index in [0.717, 1.165) is 47.3 Å². The van der Waals surface area contributed by atoms with E-state index in [1.54, 1.807) is 17.5 Å². The van der Waals surface area contributed by atoms with Gasteiger partial charge in [0.15, 0.2) is 0 Å². The number of nitrogens with one attached hydrogen (secondary N) is 3. The number of pyridine rings is 1. The Morgan fingerprint density at radius 3 is 2.56 bits per heavy atom. The van der Waals surface area contributed by atoms with Gasteiger partial charge in [0, 0.05) is 42.9 Å². The van der Waals surface area contributed by atoms with Crippen molar-refractivity contribution in [3.05, 3.63) is 41.5 Å². The minimum absolute atomic E-state index is 0.109. The lowest BCUT2D eigenvalue weighted by Gasteiger charge is -2.29. The second kappa shape index (κ2) is 11.8. The first-order valence-corrected chi connectivity index (χ1v) is 13.8. The molecule has 36 heavy (non-hydrogen) atoms. The maximum Gasteiger partial charge on any atom is 0.255 e. The molecule has 0 unspecified atom stereocenters. The number of fused-ring (bicyclic) bond motifs is 1. The Hall–Kier alpha value is -3.00. The van der Waals surface area contributed by atoms with E-state index in [9.17, 15) is 9.59 Å². The number of benzene rings is 1. The molecule has 0 radical (unpaired) electrons. The minimum atomic E-state index is -0.109. The van der Waals surface area contributed by atoms with Crippen LogP contribution in [0.1, 0.15) is 76.6 Å². The SMILES string of the molecule is CC(C)CC(=O)CC1CCC(NC(=O)c2cnc(Nc3ccc4ncsc4c3)cc2NC(C)C)CC1. The van der Waals surface area contributed by atoms with Gasteiger partial charge in [0.1, 0.15) is 11.6 Å². The summed E-state index contributed by atoms with van der Waals surface area (Å²) in [6.45, 7) is 8.28. The van der Waals surface area contributed by atoms with E-state index in [0.29, 0.717) is 41.8 Å². The van der Waals surface area contributed by atoms with E-state index < -0.39 is 0 Å². The molecule has 0 spiro atoms. The summed E-state index contributed by atoms with van der Waals surface area (Å²) < 4.78 is 1.11. The second-order valence-corrected chi connectivity index (χ2v) is 11.5. The van der Waals surface area contributed by atoms with Gasteiger partial charge in [-0.15, -0.1) is 11.3 Å². The molecule has 0 bridgehead atoms. The zero-order chi connectivity index (χ0) is 25.7. The third-order valence-corrected chi connectivity index (χ3v) is 7.32. The quantitative estimate of drug-likeness (QED) is 0.288. The first-order valence-electron chi connectivity index (χ1n) is 13.0. The van der Waals surface area contributed by atoms with Gasteiger partial charge >= 0.3 is 0 Å². The highest BCUT2D eigenvalue weighted by atomic mass is 32.1. The minimum Gasteiger partial charge on any atom is -0.382 e. The summed E-state index contributed by atoms with van der Waals surface area (Å²) in [5.74, 6) is 1.79. The topological polar surface area (TPSA) is 96.0 Å². The highest BCUT2D eigenvalue weighted by Crippen LogP contribution is 2.29. The van der Waals surface area contributed by atoms with E-state index in [2.05, 4.69) is 59.7 Å². The van der Waals surface area contributed by atoms with Gasteiger partial charge in [-0.2, -0.15) is 0 Å². The molecule has 1 aliphatic rings. The second-order valence-electron chi connectivity index (χ2n) is 10.6. The summed E-state index contributed by atoms with van der Waals surface area (Å²) in [4.78, 5) is 34.3. The number of aromatic nitrogens is 2. The van der Waals surface area contributed by atoms with Crippen molar-refractivity contribution in [2.75, 3.05) is 10.6 Å². The van der Waals surface area contributed by atoms with Crippen LogP contribution in [-0.4, -0.2) is 33.7 Å². The molecule has 4 rings (SSSR count). The lowest BCUT2D eigenvalue weighted by molar-refractivity contribution is -0.120. The van der Waals surface area contributed by atoms with Crippen LogP contribution < -0.4 is 16.0 Å². The standard InChI is InChI=1S/C28H37N5O2S/c1-17(2)11-22(34)12-19-5-7-20(8-6-19)33-28(35)23-15-29-27(14-25(23)31-18(3)4)32-21-9-10-24-26(13-21)36-16-30-24/h9-10,13-20H,5-8,11-12H2,1-4H3,(H,33,35)(H2,29,31,32). The van der Waals surface area contributed by atoms with E-state index in [4.69, 9.17) is 0 Å². The van der Waals surface area contributed by atoms with E-state index >= 15 is 0 Å². The predicted molar refractivity (Wildman–Crippen MR) is 148 cm³/mol. The van der Waals surface area contributed by atoms with Crippen LogP contribution >= 0.6 is 11.3 Å². The number of nitrogens with zero attached hydrogens (tertiary/aromatic N) is 2. The van der Waals surface area contributed by atoms with Crippen LogP contribution in [0, 0.1) is 11.8 Å². The molecule has 1 fully saturated rings. The van der Waals surface area contributed by atoms with Gasteiger partial charge < -0.3 is 16.0 Å². The molecule has 3 aromatic rings. The maximum atomic E-state index is 13.2. The summed E-state index contributed by atoms with van der Waals surface area (Å²) >= 11 is 1.60. The number of ketones is 1. The largest absolute Gasteiger partial charge is 0.382 e. The zero-order valence-corrected chi connectivity index (χ0v) is 22.5.